The van der Waals surface area contributed by atoms with Gasteiger partial charge in [-0.15, -0.1) is 0 Å². The van der Waals surface area contributed by atoms with Crippen LogP contribution in [0, 0.1) is 0 Å². The van der Waals surface area contributed by atoms with Crippen molar-refractivity contribution in [2.75, 3.05) is 19.8 Å². The third-order valence-electron chi connectivity index (χ3n) is 4.91. The average Bonchev–Trinajstić information content (AvgIpc) is 3.05. The second kappa shape index (κ2) is 4.04. The Kier molecular flexibility index (Phi) is 3.26. The van der Waals surface area contributed by atoms with Crippen LogP contribution in [0.15, 0.2) is 0 Å². The lowest BCUT2D eigenvalue weighted by Gasteiger charge is -2.36. The van der Waals surface area contributed by atoms with Crippen LogP contribution in [0.3, 0.4) is 0 Å². The highest BCUT2D eigenvalue weighted by atomic mass is 28.3. The molecule has 0 aromatic carbocycles. The van der Waals surface area contributed by atoms with E-state index in [2.05, 4.69) is 47.7 Å². The molecule has 3 unspecified atom stereocenters. The summed E-state index contributed by atoms with van der Waals surface area (Å²) in [6, 6.07) is 0. The zero-order chi connectivity index (χ0) is 13.8. The van der Waals surface area contributed by atoms with Crippen molar-refractivity contribution in [3.05, 3.63) is 0 Å². The Morgan fingerprint density at radius 3 is 2.22 bits per heavy atom. The van der Waals surface area contributed by atoms with Crippen LogP contribution < -0.4 is 0 Å². The van der Waals surface area contributed by atoms with Crippen molar-refractivity contribution in [3.63, 3.8) is 0 Å². The maximum Gasteiger partial charge on any atom is 0.112 e. The number of hydrogen-bond acceptors (Lipinski definition) is 3. The molecule has 0 aromatic rings. The van der Waals surface area contributed by atoms with Gasteiger partial charge < -0.3 is 14.2 Å². The zero-order valence-electron chi connectivity index (χ0n) is 12.9. The largest absolute Gasteiger partial charge is 0.375 e. The molecule has 0 N–H and O–H groups in total. The topological polar surface area (TPSA) is 34.3 Å². The highest BCUT2D eigenvalue weighted by Crippen LogP contribution is 2.51. The van der Waals surface area contributed by atoms with Gasteiger partial charge in [-0.3, -0.25) is 0 Å². The Labute approximate surface area is 112 Å². The van der Waals surface area contributed by atoms with E-state index in [1.54, 1.807) is 0 Å². The van der Waals surface area contributed by atoms with Gasteiger partial charge in [0.05, 0.1) is 33.6 Å². The molecule has 106 valence electrons. The second-order valence-corrected chi connectivity index (χ2v) is 13.5. The molecule has 4 heteroatoms. The third-order valence-corrected chi connectivity index (χ3v) is 10.8. The first-order valence-corrected chi connectivity index (χ1v) is 9.98. The molecule has 2 aliphatic rings. The van der Waals surface area contributed by atoms with Gasteiger partial charge in [-0.1, -0.05) is 33.9 Å². The predicted octanol–water partition coefficient (Wildman–Crippen LogP) is 3.00. The summed E-state index contributed by atoms with van der Waals surface area (Å²) in [6.45, 7) is 18.4. The molecule has 0 radical (unpaired) electrons. The summed E-state index contributed by atoms with van der Waals surface area (Å²) in [5.74, 6) is 0. The van der Waals surface area contributed by atoms with E-state index in [-0.39, 0.29) is 11.2 Å². The van der Waals surface area contributed by atoms with Gasteiger partial charge in [-0.25, -0.2) is 0 Å². The normalized spacial score (nSPS) is 39.8. The van der Waals surface area contributed by atoms with Gasteiger partial charge in [-0.2, -0.15) is 0 Å². The minimum atomic E-state index is -1.42. The van der Waals surface area contributed by atoms with Gasteiger partial charge in [-0.05, 0) is 18.9 Å². The van der Waals surface area contributed by atoms with Gasteiger partial charge >= 0.3 is 0 Å². The third kappa shape index (κ3) is 2.67. The first-order chi connectivity index (χ1) is 8.00. The summed E-state index contributed by atoms with van der Waals surface area (Å²) in [4.78, 5) is 0. The van der Waals surface area contributed by atoms with Crippen molar-refractivity contribution in [3.8, 4) is 0 Å². The second-order valence-electron chi connectivity index (χ2n) is 8.01. The van der Waals surface area contributed by atoms with Crippen molar-refractivity contribution in [2.24, 2.45) is 0 Å². The number of rotatable bonds is 5. The lowest BCUT2D eigenvalue weighted by Crippen LogP contribution is -2.47. The van der Waals surface area contributed by atoms with E-state index in [1.165, 1.54) is 0 Å². The van der Waals surface area contributed by atoms with E-state index in [9.17, 15) is 0 Å². The molecule has 2 rings (SSSR count). The van der Waals surface area contributed by atoms with E-state index in [4.69, 9.17) is 14.2 Å². The lowest BCUT2D eigenvalue weighted by molar-refractivity contribution is 0.0520. The summed E-state index contributed by atoms with van der Waals surface area (Å²) >= 11 is 0. The molecular formula is C14H28O3Si. The van der Waals surface area contributed by atoms with Gasteiger partial charge in [0.2, 0.25) is 0 Å². The minimum absolute atomic E-state index is 0.0162. The molecule has 18 heavy (non-hydrogen) atoms. The SMILES string of the molecule is CC1(COCC2(C)OC2[Si](C)(C)C(C)(C)C)CO1. The smallest absolute Gasteiger partial charge is 0.112 e. The molecule has 3 atom stereocenters. The molecule has 2 saturated heterocycles. The number of epoxide rings is 2. The van der Waals surface area contributed by atoms with Crippen LogP contribution in [0.4, 0.5) is 0 Å². The van der Waals surface area contributed by atoms with Gasteiger partial charge in [0.25, 0.3) is 0 Å². The van der Waals surface area contributed by atoms with E-state index in [0.29, 0.717) is 24.0 Å². The molecule has 3 nitrogen and oxygen atoms in total. The molecule has 0 spiro atoms. The highest BCUT2D eigenvalue weighted by Gasteiger charge is 2.63. The molecule has 0 saturated carbocycles. The molecule has 2 aliphatic heterocycles. The van der Waals surface area contributed by atoms with Crippen molar-refractivity contribution < 1.29 is 14.2 Å². The maximum atomic E-state index is 6.03. The Balaban J connectivity index is 1.84. The molecular weight excluding hydrogens is 244 g/mol. The Hall–Kier alpha value is 0.0969. The summed E-state index contributed by atoms with van der Waals surface area (Å²) in [5, 5.41) is 0.362. The first-order valence-electron chi connectivity index (χ1n) is 6.90. The van der Waals surface area contributed by atoms with Crippen LogP contribution in [0.25, 0.3) is 0 Å². The summed E-state index contributed by atoms with van der Waals surface area (Å²) in [6.07, 6.45) is 0. The average molecular weight is 272 g/mol. The monoisotopic (exact) mass is 272 g/mol. The fourth-order valence-electron chi connectivity index (χ4n) is 2.32. The number of ether oxygens (including phenoxy) is 3. The van der Waals surface area contributed by atoms with Crippen LogP contribution in [-0.2, 0) is 14.2 Å². The fraction of sp³-hybridized carbons (Fsp3) is 1.00. The molecule has 2 heterocycles. The van der Waals surface area contributed by atoms with E-state index in [1.807, 2.05) is 0 Å². The highest BCUT2D eigenvalue weighted by molar-refractivity contribution is 6.82. The van der Waals surface area contributed by atoms with E-state index < -0.39 is 8.07 Å². The Bertz CT molecular complexity index is 330. The van der Waals surface area contributed by atoms with Crippen molar-refractivity contribution >= 4 is 8.07 Å². The maximum absolute atomic E-state index is 6.03. The summed E-state index contributed by atoms with van der Waals surface area (Å²) in [7, 11) is -1.42. The van der Waals surface area contributed by atoms with E-state index in [0.717, 1.165) is 6.61 Å². The minimum Gasteiger partial charge on any atom is -0.375 e. The number of hydrogen-bond donors (Lipinski definition) is 0. The predicted molar refractivity (Wildman–Crippen MR) is 75.7 cm³/mol. The van der Waals surface area contributed by atoms with Crippen LogP contribution >= 0.6 is 0 Å². The molecule has 2 fully saturated rings. The zero-order valence-corrected chi connectivity index (χ0v) is 13.9. The van der Waals surface area contributed by atoms with Crippen LogP contribution in [0.5, 0.6) is 0 Å². The Morgan fingerprint density at radius 1 is 1.22 bits per heavy atom. The molecule has 0 aliphatic carbocycles. The van der Waals surface area contributed by atoms with Crippen LogP contribution in [-0.4, -0.2) is 44.8 Å². The van der Waals surface area contributed by atoms with Gasteiger partial charge in [0.1, 0.15) is 11.2 Å². The van der Waals surface area contributed by atoms with Gasteiger partial charge in [0.15, 0.2) is 0 Å². The standard InChI is InChI=1S/C14H28O3Si/c1-12(2,3)18(6,7)11-14(5,17-11)10-15-8-13(4)9-16-13/h11H,8-10H2,1-7H3. The van der Waals surface area contributed by atoms with Crippen molar-refractivity contribution in [1.29, 1.82) is 0 Å². The Morgan fingerprint density at radius 2 is 1.78 bits per heavy atom. The molecule has 0 aromatic heterocycles. The van der Waals surface area contributed by atoms with Crippen molar-refractivity contribution in [1.82, 2.24) is 0 Å². The summed E-state index contributed by atoms with van der Waals surface area (Å²) < 4.78 is 17.1. The van der Waals surface area contributed by atoms with Crippen molar-refractivity contribution in [2.45, 2.75) is 69.7 Å². The van der Waals surface area contributed by atoms with Crippen LogP contribution in [0.2, 0.25) is 18.1 Å². The van der Waals surface area contributed by atoms with Gasteiger partial charge in [0, 0.05) is 0 Å². The fourth-order valence-corrected chi connectivity index (χ4v) is 5.29. The van der Waals surface area contributed by atoms with Crippen LogP contribution in [0.1, 0.15) is 34.6 Å². The summed E-state index contributed by atoms with van der Waals surface area (Å²) in [5.41, 5.74) is 0.337. The first kappa shape index (κ1) is 14.5. The van der Waals surface area contributed by atoms with E-state index >= 15 is 0 Å². The lowest BCUT2D eigenvalue weighted by atomic mass is 10.2. The molecule has 0 amide bonds. The quantitative estimate of drug-likeness (QED) is 0.570. The molecule has 0 bridgehead atoms.